The van der Waals surface area contributed by atoms with Gasteiger partial charge in [-0.3, -0.25) is 9.97 Å². The first kappa shape index (κ1) is 21.7. The zero-order chi connectivity index (χ0) is 22.7. The van der Waals surface area contributed by atoms with Crippen LogP contribution in [-0.2, 0) is 11.3 Å². The summed E-state index contributed by atoms with van der Waals surface area (Å²) in [6, 6.07) is 5.24. The van der Waals surface area contributed by atoms with E-state index in [9.17, 15) is 9.18 Å². The van der Waals surface area contributed by atoms with Crippen molar-refractivity contribution >= 4 is 28.5 Å². The summed E-state index contributed by atoms with van der Waals surface area (Å²) in [7, 11) is 0. The molecule has 4 rings (SSSR count). The number of fused-ring (bicyclic) bond motifs is 1. The summed E-state index contributed by atoms with van der Waals surface area (Å²) in [5.74, 6) is -0.392. The highest BCUT2D eigenvalue weighted by molar-refractivity contribution is 5.76. The number of pyridine rings is 1. The van der Waals surface area contributed by atoms with Gasteiger partial charge in [0, 0.05) is 51.3 Å². The summed E-state index contributed by atoms with van der Waals surface area (Å²) in [5.41, 5.74) is 2.88. The van der Waals surface area contributed by atoms with Crippen molar-refractivity contribution in [3.63, 3.8) is 0 Å². The first-order valence-electron chi connectivity index (χ1n) is 10.6. The molecule has 1 saturated heterocycles. The van der Waals surface area contributed by atoms with Crippen molar-refractivity contribution in [3.05, 3.63) is 54.4 Å². The Morgan fingerprint density at radius 1 is 1.12 bits per heavy atom. The lowest BCUT2D eigenvalue weighted by Crippen LogP contribution is -2.50. The Morgan fingerprint density at radius 3 is 2.62 bits per heavy atom. The van der Waals surface area contributed by atoms with Crippen LogP contribution in [0, 0.1) is 5.82 Å². The minimum absolute atomic E-state index is 0.265. The van der Waals surface area contributed by atoms with Crippen LogP contribution in [0.25, 0.3) is 11.0 Å². The second-order valence-corrected chi connectivity index (χ2v) is 8.70. The van der Waals surface area contributed by atoms with Crippen LogP contribution >= 0.6 is 0 Å². The van der Waals surface area contributed by atoms with Crippen molar-refractivity contribution in [3.8, 4) is 0 Å². The summed E-state index contributed by atoms with van der Waals surface area (Å²) >= 11 is 0. The Labute approximate surface area is 186 Å². The topological polar surface area (TPSA) is 83.5 Å². The predicted molar refractivity (Wildman–Crippen MR) is 121 cm³/mol. The van der Waals surface area contributed by atoms with Gasteiger partial charge in [0.2, 0.25) is 0 Å². The number of hydrogen-bond acceptors (Lipinski definition) is 7. The van der Waals surface area contributed by atoms with E-state index in [-0.39, 0.29) is 11.6 Å². The largest absolute Gasteiger partial charge is 0.444 e. The molecule has 3 heterocycles. The number of piperazine rings is 1. The van der Waals surface area contributed by atoms with Crippen LogP contribution < -0.4 is 10.2 Å². The van der Waals surface area contributed by atoms with Gasteiger partial charge in [-0.05, 0) is 44.5 Å². The second-order valence-electron chi connectivity index (χ2n) is 8.70. The van der Waals surface area contributed by atoms with Gasteiger partial charge in [-0.1, -0.05) is 0 Å². The van der Waals surface area contributed by atoms with Crippen LogP contribution in [0.4, 0.5) is 20.6 Å². The standard InChI is InChI=1S/C23H27FN6O2/c1-23(2,3)32-22(31)30-10-8-29(9-11-30)20-4-5-25-15-19(20)28-14-16-12-17(24)21-18(13-16)26-6-7-27-21/h4-7,12-13,15,28H,8-11,14H2,1-3H3. The lowest BCUT2D eigenvalue weighted by atomic mass is 10.1. The summed E-state index contributed by atoms with van der Waals surface area (Å²) in [5, 5.41) is 3.36. The van der Waals surface area contributed by atoms with Gasteiger partial charge in [-0.2, -0.15) is 0 Å². The van der Waals surface area contributed by atoms with Gasteiger partial charge < -0.3 is 19.9 Å². The normalized spacial score (nSPS) is 14.5. The van der Waals surface area contributed by atoms with Crippen LogP contribution in [0.2, 0.25) is 0 Å². The molecule has 1 aliphatic rings. The lowest BCUT2D eigenvalue weighted by molar-refractivity contribution is 0.0240. The molecule has 0 saturated carbocycles. The number of hydrogen-bond donors (Lipinski definition) is 1. The van der Waals surface area contributed by atoms with Gasteiger partial charge in [0.25, 0.3) is 0 Å². The van der Waals surface area contributed by atoms with Gasteiger partial charge in [-0.25, -0.2) is 14.2 Å². The molecule has 1 amide bonds. The molecule has 32 heavy (non-hydrogen) atoms. The number of rotatable bonds is 4. The molecule has 2 aromatic heterocycles. The van der Waals surface area contributed by atoms with Gasteiger partial charge in [0.05, 0.1) is 23.1 Å². The number of amides is 1. The molecule has 1 fully saturated rings. The van der Waals surface area contributed by atoms with E-state index >= 15 is 0 Å². The molecular weight excluding hydrogens is 411 g/mol. The molecule has 0 radical (unpaired) electrons. The minimum atomic E-state index is -0.510. The number of benzene rings is 1. The summed E-state index contributed by atoms with van der Waals surface area (Å²) in [4.78, 5) is 28.7. The summed E-state index contributed by atoms with van der Waals surface area (Å²) < 4.78 is 19.8. The van der Waals surface area contributed by atoms with Crippen LogP contribution in [0.1, 0.15) is 26.3 Å². The van der Waals surface area contributed by atoms with Gasteiger partial charge >= 0.3 is 6.09 Å². The molecule has 0 spiro atoms. The number of carbonyl (C=O) groups excluding carboxylic acids is 1. The zero-order valence-electron chi connectivity index (χ0n) is 18.5. The van der Waals surface area contributed by atoms with E-state index in [0.717, 1.165) is 16.9 Å². The molecule has 8 nitrogen and oxygen atoms in total. The van der Waals surface area contributed by atoms with Crippen molar-refractivity contribution in [2.75, 3.05) is 36.4 Å². The van der Waals surface area contributed by atoms with E-state index in [0.29, 0.717) is 38.2 Å². The Bertz CT molecular complexity index is 1110. The van der Waals surface area contributed by atoms with E-state index in [1.807, 2.05) is 32.9 Å². The van der Waals surface area contributed by atoms with E-state index < -0.39 is 11.4 Å². The molecule has 1 aliphatic heterocycles. The SMILES string of the molecule is CC(C)(C)OC(=O)N1CCN(c2ccncc2NCc2cc(F)c3nccnc3c2)CC1. The van der Waals surface area contributed by atoms with Crippen LogP contribution in [0.3, 0.4) is 0 Å². The van der Waals surface area contributed by atoms with Crippen LogP contribution in [0.15, 0.2) is 43.0 Å². The Kier molecular flexibility index (Phi) is 6.07. The Morgan fingerprint density at radius 2 is 1.88 bits per heavy atom. The molecule has 0 atom stereocenters. The third kappa shape index (κ3) is 5.04. The molecule has 0 aliphatic carbocycles. The predicted octanol–water partition coefficient (Wildman–Crippen LogP) is 3.83. The molecule has 9 heteroatoms. The molecule has 0 bridgehead atoms. The third-order valence-electron chi connectivity index (χ3n) is 5.14. The molecule has 0 unspecified atom stereocenters. The van der Waals surface area contributed by atoms with E-state index in [1.165, 1.54) is 12.3 Å². The maximum absolute atomic E-state index is 14.4. The summed E-state index contributed by atoms with van der Waals surface area (Å²) in [6.45, 7) is 8.52. The maximum Gasteiger partial charge on any atom is 0.410 e. The average molecular weight is 439 g/mol. The molecule has 1 aromatic carbocycles. The zero-order valence-corrected chi connectivity index (χ0v) is 18.5. The fraction of sp³-hybridized carbons (Fsp3) is 0.391. The van der Waals surface area contributed by atoms with E-state index in [4.69, 9.17) is 4.74 Å². The lowest BCUT2D eigenvalue weighted by Gasteiger charge is -2.37. The summed E-state index contributed by atoms with van der Waals surface area (Å²) in [6.07, 6.45) is 6.24. The van der Waals surface area contributed by atoms with Crippen molar-refractivity contribution in [1.82, 2.24) is 19.9 Å². The average Bonchev–Trinajstić information content (AvgIpc) is 2.77. The van der Waals surface area contributed by atoms with E-state index in [2.05, 4.69) is 25.2 Å². The van der Waals surface area contributed by atoms with Crippen LogP contribution in [0.5, 0.6) is 0 Å². The monoisotopic (exact) mass is 438 g/mol. The maximum atomic E-state index is 14.4. The highest BCUT2D eigenvalue weighted by atomic mass is 19.1. The Balaban J connectivity index is 1.42. The fourth-order valence-electron chi connectivity index (χ4n) is 3.64. The molecule has 3 aromatic rings. The second kappa shape index (κ2) is 8.94. The highest BCUT2D eigenvalue weighted by Crippen LogP contribution is 2.27. The number of ether oxygens (including phenoxy) is 1. The van der Waals surface area contributed by atoms with Gasteiger partial charge in [-0.15, -0.1) is 0 Å². The first-order chi connectivity index (χ1) is 15.3. The highest BCUT2D eigenvalue weighted by Gasteiger charge is 2.26. The first-order valence-corrected chi connectivity index (χ1v) is 10.6. The number of aromatic nitrogens is 3. The molecule has 168 valence electrons. The Hall–Kier alpha value is -3.49. The van der Waals surface area contributed by atoms with Crippen molar-refractivity contribution in [2.24, 2.45) is 0 Å². The number of anilines is 2. The number of halogens is 1. The van der Waals surface area contributed by atoms with Crippen molar-refractivity contribution in [1.29, 1.82) is 0 Å². The fourth-order valence-corrected chi connectivity index (χ4v) is 3.64. The number of carbonyl (C=O) groups is 1. The van der Waals surface area contributed by atoms with Crippen molar-refractivity contribution in [2.45, 2.75) is 32.9 Å². The third-order valence-corrected chi connectivity index (χ3v) is 5.14. The minimum Gasteiger partial charge on any atom is -0.444 e. The number of nitrogens with zero attached hydrogens (tertiary/aromatic N) is 5. The van der Waals surface area contributed by atoms with Gasteiger partial charge in [0.15, 0.2) is 5.82 Å². The molecular formula is C23H27FN6O2. The quantitative estimate of drug-likeness (QED) is 0.663. The number of nitrogens with one attached hydrogen (secondary N) is 1. The molecule has 1 N–H and O–H groups in total. The van der Waals surface area contributed by atoms with Gasteiger partial charge in [0.1, 0.15) is 11.1 Å². The van der Waals surface area contributed by atoms with Crippen molar-refractivity contribution < 1.29 is 13.9 Å². The van der Waals surface area contributed by atoms with E-state index in [1.54, 1.807) is 23.5 Å². The van der Waals surface area contributed by atoms with Crippen LogP contribution in [-0.4, -0.2) is 57.7 Å². The smallest absolute Gasteiger partial charge is 0.410 e.